The third-order valence-corrected chi connectivity index (χ3v) is 2.58. The first-order chi connectivity index (χ1) is 9.49. The Kier molecular flexibility index (Phi) is 3.93. The SMILES string of the molecule is O=C(O)c1c(F)cccc1OCc1cc(F)ccc1F. The predicted octanol–water partition coefficient (Wildman–Crippen LogP) is 3.38. The molecule has 0 spiro atoms. The monoisotopic (exact) mass is 282 g/mol. The van der Waals surface area contributed by atoms with E-state index in [1.54, 1.807) is 0 Å². The van der Waals surface area contributed by atoms with E-state index >= 15 is 0 Å². The number of carboxylic acids is 1. The lowest BCUT2D eigenvalue weighted by Gasteiger charge is -2.10. The Balaban J connectivity index is 2.25. The van der Waals surface area contributed by atoms with Crippen molar-refractivity contribution in [3.63, 3.8) is 0 Å². The molecule has 0 aliphatic rings. The minimum atomic E-state index is -1.50. The molecule has 0 aromatic heterocycles. The zero-order valence-electron chi connectivity index (χ0n) is 10.1. The van der Waals surface area contributed by atoms with Crippen molar-refractivity contribution >= 4 is 5.97 Å². The molecule has 0 amide bonds. The number of hydrogen-bond acceptors (Lipinski definition) is 2. The number of ether oxygens (including phenoxy) is 1. The van der Waals surface area contributed by atoms with Crippen LogP contribution in [0.2, 0.25) is 0 Å². The maximum atomic E-state index is 13.4. The summed E-state index contributed by atoms with van der Waals surface area (Å²) in [6, 6.07) is 6.28. The van der Waals surface area contributed by atoms with Gasteiger partial charge in [-0.15, -0.1) is 0 Å². The average molecular weight is 282 g/mol. The van der Waals surface area contributed by atoms with Crippen LogP contribution in [0.3, 0.4) is 0 Å². The smallest absolute Gasteiger partial charge is 0.342 e. The fourth-order valence-electron chi connectivity index (χ4n) is 1.64. The highest BCUT2D eigenvalue weighted by Crippen LogP contribution is 2.23. The first-order valence-corrected chi connectivity index (χ1v) is 5.57. The first kappa shape index (κ1) is 13.9. The summed E-state index contributed by atoms with van der Waals surface area (Å²) in [4.78, 5) is 10.9. The molecule has 20 heavy (non-hydrogen) atoms. The molecule has 2 aromatic rings. The van der Waals surface area contributed by atoms with Crippen LogP contribution in [0.1, 0.15) is 15.9 Å². The zero-order chi connectivity index (χ0) is 14.7. The van der Waals surface area contributed by atoms with E-state index in [-0.39, 0.29) is 11.3 Å². The molecule has 0 radical (unpaired) electrons. The first-order valence-electron chi connectivity index (χ1n) is 5.57. The summed E-state index contributed by atoms with van der Waals surface area (Å²) in [6.07, 6.45) is 0. The molecule has 0 saturated carbocycles. The van der Waals surface area contributed by atoms with Gasteiger partial charge >= 0.3 is 5.97 Å². The molecule has 0 heterocycles. The summed E-state index contributed by atoms with van der Waals surface area (Å²) in [5.74, 6) is -4.06. The maximum Gasteiger partial charge on any atom is 0.342 e. The fraction of sp³-hybridized carbons (Fsp3) is 0.0714. The average Bonchev–Trinajstić information content (AvgIpc) is 2.39. The van der Waals surface area contributed by atoms with Crippen molar-refractivity contribution in [3.8, 4) is 5.75 Å². The van der Waals surface area contributed by atoms with E-state index in [0.29, 0.717) is 0 Å². The quantitative estimate of drug-likeness (QED) is 0.935. The Morgan fingerprint density at radius 1 is 1.10 bits per heavy atom. The van der Waals surface area contributed by atoms with Crippen LogP contribution in [0.25, 0.3) is 0 Å². The van der Waals surface area contributed by atoms with Gasteiger partial charge in [-0.25, -0.2) is 18.0 Å². The predicted molar refractivity (Wildman–Crippen MR) is 64.0 cm³/mol. The third-order valence-electron chi connectivity index (χ3n) is 2.58. The van der Waals surface area contributed by atoms with Crippen LogP contribution in [0.15, 0.2) is 36.4 Å². The Bertz CT molecular complexity index is 656. The van der Waals surface area contributed by atoms with E-state index in [1.807, 2.05) is 0 Å². The lowest BCUT2D eigenvalue weighted by atomic mass is 10.2. The Hall–Kier alpha value is -2.50. The summed E-state index contributed by atoms with van der Waals surface area (Å²) in [7, 11) is 0. The van der Waals surface area contributed by atoms with Crippen LogP contribution in [-0.2, 0) is 6.61 Å². The summed E-state index contributed by atoms with van der Waals surface area (Å²) in [5.41, 5.74) is -0.741. The second-order valence-electron chi connectivity index (χ2n) is 3.94. The van der Waals surface area contributed by atoms with E-state index in [1.165, 1.54) is 12.1 Å². The molecule has 0 atom stereocenters. The highest BCUT2D eigenvalue weighted by molar-refractivity contribution is 5.91. The molecule has 0 unspecified atom stereocenters. The van der Waals surface area contributed by atoms with Crippen LogP contribution >= 0.6 is 0 Å². The highest BCUT2D eigenvalue weighted by Gasteiger charge is 2.17. The highest BCUT2D eigenvalue weighted by atomic mass is 19.1. The van der Waals surface area contributed by atoms with Crippen molar-refractivity contribution in [2.75, 3.05) is 0 Å². The minimum Gasteiger partial charge on any atom is -0.488 e. The van der Waals surface area contributed by atoms with Crippen molar-refractivity contribution in [1.29, 1.82) is 0 Å². The normalized spacial score (nSPS) is 10.3. The van der Waals surface area contributed by atoms with Gasteiger partial charge in [0.2, 0.25) is 0 Å². The van der Waals surface area contributed by atoms with E-state index in [4.69, 9.17) is 9.84 Å². The van der Waals surface area contributed by atoms with Gasteiger partial charge in [0.1, 0.15) is 35.4 Å². The summed E-state index contributed by atoms with van der Waals surface area (Å²) in [6.45, 7) is -0.409. The number of carboxylic acid groups (broad SMARTS) is 1. The maximum absolute atomic E-state index is 13.4. The Morgan fingerprint density at radius 2 is 1.85 bits per heavy atom. The number of hydrogen-bond donors (Lipinski definition) is 1. The topological polar surface area (TPSA) is 46.5 Å². The van der Waals surface area contributed by atoms with Crippen molar-refractivity contribution in [2.45, 2.75) is 6.61 Å². The molecule has 0 bridgehead atoms. The summed E-state index contributed by atoms with van der Waals surface area (Å²) >= 11 is 0. The van der Waals surface area contributed by atoms with E-state index in [0.717, 1.165) is 24.3 Å². The lowest BCUT2D eigenvalue weighted by Crippen LogP contribution is -2.07. The zero-order valence-corrected chi connectivity index (χ0v) is 10.1. The number of carbonyl (C=O) groups is 1. The molecule has 0 aliphatic carbocycles. The van der Waals surface area contributed by atoms with Crippen LogP contribution in [0.5, 0.6) is 5.75 Å². The van der Waals surface area contributed by atoms with Gasteiger partial charge in [0, 0.05) is 5.56 Å². The van der Waals surface area contributed by atoms with Crippen LogP contribution in [-0.4, -0.2) is 11.1 Å². The van der Waals surface area contributed by atoms with Crippen LogP contribution in [0.4, 0.5) is 13.2 Å². The second-order valence-corrected chi connectivity index (χ2v) is 3.94. The minimum absolute atomic E-state index is 0.0920. The van der Waals surface area contributed by atoms with Gasteiger partial charge in [-0.3, -0.25) is 0 Å². The molecule has 0 aliphatic heterocycles. The van der Waals surface area contributed by atoms with Gasteiger partial charge in [0.15, 0.2) is 0 Å². The molecule has 0 saturated heterocycles. The number of rotatable bonds is 4. The molecule has 1 N–H and O–H groups in total. The van der Waals surface area contributed by atoms with Crippen LogP contribution in [0, 0.1) is 17.5 Å². The molecule has 6 heteroatoms. The van der Waals surface area contributed by atoms with Crippen molar-refractivity contribution < 1.29 is 27.8 Å². The van der Waals surface area contributed by atoms with Gasteiger partial charge in [0.25, 0.3) is 0 Å². The van der Waals surface area contributed by atoms with E-state index in [2.05, 4.69) is 0 Å². The largest absolute Gasteiger partial charge is 0.488 e. The third kappa shape index (κ3) is 2.90. The van der Waals surface area contributed by atoms with Gasteiger partial charge < -0.3 is 9.84 Å². The number of benzene rings is 2. The molecule has 0 fully saturated rings. The fourth-order valence-corrected chi connectivity index (χ4v) is 1.64. The number of aromatic carboxylic acids is 1. The van der Waals surface area contributed by atoms with E-state index in [9.17, 15) is 18.0 Å². The molecule has 3 nitrogen and oxygen atoms in total. The molecular weight excluding hydrogens is 273 g/mol. The lowest BCUT2D eigenvalue weighted by molar-refractivity contribution is 0.0686. The van der Waals surface area contributed by atoms with Gasteiger partial charge in [-0.2, -0.15) is 0 Å². The van der Waals surface area contributed by atoms with E-state index < -0.39 is 35.6 Å². The van der Waals surface area contributed by atoms with Gasteiger partial charge in [-0.1, -0.05) is 6.07 Å². The van der Waals surface area contributed by atoms with Crippen molar-refractivity contribution in [1.82, 2.24) is 0 Å². The molecule has 104 valence electrons. The Morgan fingerprint density at radius 3 is 2.55 bits per heavy atom. The Labute approximate surface area is 112 Å². The van der Waals surface area contributed by atoms with Crippen molar-refractivity contribution in [2.24, 2.45) is 0 Å². The number of halogens is 3. The van der Waals surface area contributed by atoms with Gasteiger partial charge in [0.05, 0.1) is 0 Å². The molecule has 2 rings (SSSR count). The summed E-state index contributed by atoms with van der Waals surface area (Å²) in [5, 5.41) is 8.89. The van der Waals surface area contributed by atoms with Crippen LogP contribution < -0.4 is 4.74 Å². The second kappa shape index (κ2) is 5.64. The van der Waals surface area contributed by atoms with Crippen molar-refractivity contribution in [3.05, 3.63) is 65.0 Å². The van der Waals surface area contributed by atoms with Gasteiger partial charge in [-0.05, 0) is 30.3 Å². The molecule has 2 aromatic carbocycles. The molecular formula is C14H9F3O3. The summed E-state index contributed by atoms with van der Waals surface area (Å²) < 4.78 is 44.8. The standard InChI is InChI=1S/C14H9F3O3/c15-9-4-5-10(16)8(6-9)7-20-12-3-1-2-11(17)13(12)14(18)19/h1-6H,7H2,(H,18,19).